The minimum Gasteiger partial charge on any atom is -0.394 e. The van der Waals surface area contributed by atoms with E-state index in [4.69, 9.17) is 28.4 Å². The molecule has 0 amide bonds. The molecule has 14 N–H and O–H groups in total. The Kier molecular flexibility index (Phi) is 16.1. The minimum atomic E-state index is -1.72. The number of hydrogen-bond acceptors (Lipinski definition) is 20. The molecule has 0 aromatic heterocycles. The quantitative estimate of drug-likeness (QED) is 0.0831. The van der Waals surface area contributed by atoms with Gasteiger partial charge in [0.2, 0.25) is 0 Å². The van der Waals surface area contributed by atoms with Crippen LogP contribution in [-0.4, -0.2) is 213 Å². The predicted octanol–water partition coefficient (Wildman–Crippen LogP) is -2.09. The third kappa shape index (κ3) is 9.09. The molecule has 7 aliphatic rings. The Hall–Kier alpha value is -1.06. The fourth-order valence-corrected chi connectivity index (χ4v) is 14.2. The van der Waals surface area contributed by atoms with Crippen molar-refractivity contribution in [3.63, 3.8) is 0 Å². The molecule has 6 fully saturated rings. The van der Waals surface area contributed by atoms with Crippen molar-refractivity contribution in [2.24, 2.45) is 45.3 Å². The first-order valence-electron chi connectivity index (χ1n) is 24.6. The summed E-state index contributed by atoms with van der Waals surface area (Å²) in [6, 6.07) is 0. The van der Waals surface area contributed by atoms with Crippen molar-refractivity contribution in [1.29, 1.82) is 0 Å². The van der Waals surface area contributed by atoms with E-state index >= 15 is 0 Å². The van der Waals surface area contributed by atoms with Gasteiger partial charge < -0.3 is 99.9 Å². The van der Waals surface area contributed by atoms with Crippen LogP contribution in [0.15, 0.2) is 11.6 Å². The number of ether oxygens (including phenoxy) is 6. The van der Waals surface area contributed by atoms with Gasteiger partial charge in [-0.05, 0) is 98.7 Å². The number of hydrogen-bond donors (Lipinski definition) is 14. The summed E-state index contributed by atoms with van der Waals surface area (Å²) in [6.07, 6.45) is -20.2. The molecule has 4 aliphatic carbocycles. The van der Waals surface area contributed by atoms with Gasteiger partial charge in [0.1, 0.15) is 85.5 Å². The maximum absolute atomic E-state index is 11.8. The number of aliphatic hydroxyl groups excluding tert-OH is 14. The molecule has 0 bridgehead atoms. The van der Waals surface area contributed by atoms with E-state index in [-0.39, 0.29) is 34.0 Å². The van der Waals surface area contributed by atoms with Crippen LogP contribution in [0.4, 0.5) is 0 Å². The smallest absolute Gasteiger partial charge is 0.187 e. The highest BCUT2D eigenvalue weighted by molar-refractivity contribution is 5.30. The van der Waals surface area contributed by atoms with Gasteiger partial charge in [0.15, 0.2) is 18.9 Å². The van der Waals surface area contributed by atoms with Gasteiger partial charge in [-0.25, -0.2) is 0 Å². The van der Waals surface area contributed by atoms with Crippen molar-refractivity contribution in [2.45, 2.75) is 222 Å². The molecule has 3 saturated heterocycles. The minimum absolute atomic E-state index is 0.0171. The Morgan fingerprint density at radius 2 is 1.16 bits per heavy atom. The first-order valence-corrected chi connectivity index (χ1v) is 24.6. The van der Waals surface area contributed by atoms with Crippen LogP contribution < -0.4 is 0 Å². The van der Waals surface area contributed by atoms with Gasteiger partial charge in [-0.15, -0.1) is 0 Å². The lowest BCUT2D eigenvalue weighted by Gasteiger charge is -2.66. The molecule has 394 valence electrons. The molecule has 7 rings (SSSR count). The number of aliphatic hydroxyl groups is 14. The van der Waals surface area contributed by atoms with Gasteiger partial charge >= 0.3 is 0 Å². The monoisotopic (exact) mass is 979 g/mol. The maximum atomic E-state index is 11.8. The zero-order valence-electron chi connectivity index (χ0n) is 40.6. The molecular weight excluding hydrogens is 897 g/mol. The summed E-state index contributed by atoms with van der Waals surface area (Å²) in [5.74, 6) is 0.00958. The van der Waals surface area contributed by atoms with Crippen molar-refractivity contribution in [3.8, 4) is 0 Å². The predicted molar refractivity (Wildman–Crippen MR) is 236 cm³/mol. The molecule has 0 spiro atoms. The normalized spacial score (nSPS) is 50.3. The first kappa shape index (κ1) is 54.7. The van der Waals surface area contributed by atoms with Crippen LogP contribution in [0.2, 0.25) is 0 Å². The standard InChI is InChI=1S/C48H82O20/c1-20(29(51)36(58)40(62)45(4,5)68-43-39(61)34(56)31(53)25(18-50)65-43)21-13-14-48(8)27-11-9-22-23(46(27,6)15-16-47(21,48)7)10-12-28(44(22,2)3)67-42-38(60)35(57)32(54)26(66-42)19-63-41-37(59)33(55)30(52)24(17-49)64-41/h9,20-21,23-43,49-62H,10-19H2,1-8H3. The van der Waals surface area contributed by atoms with Gasteiger partial charge in [0.25, 0.3) is 0 Å². The van der Waals surface area contributed by atoms with E-state index in [9.17, 15) is 71.5 Å². The van der Waals surface area contributed by atoms with Crippen molar-refractivity contribution < 1.29 is 99.9 Å². The van der Waals surface area contributed by atoms with Crippen molar-refractivity contribution in [1.82, 2.24) is 0 Å². The number of fused-ring (bicyclic) bond motifs is 5. The van der Waals surface area contributed by atoms with E-state index in [1.807, 2.05) is 6.92 Å². The second-order valence-corrected chi connectivity index (χ2v) is 23.2. The molecule has 26 unspecified atom stereocenters. The van der Waals surface area contributed by atoms with E-state index in [0.717, 1.165) is 38.5 Å². The topological polar surface area (TPSA) is 339 Å². The fraction of sp³-hybridized carbons (Fsp3) is 0.958. The van der Waals surface area contributed by atoms with E-state index in [2.05, 4.69) is 40.7 Å². The van der Waals surface area contributed by atoms with Crippen molar-refractivity contribution in [3.05, 3.63) is 11.6 Å². The number of rotatable bonds is 14. The van der Waals surface area contributed by atoms with Crippen LogP contribution in [0, 0.1) is 45.3 Å². The average molecular weight is 979 g/mol. The zero-order chi connectivity index (χ0) is 50.4. The average Bonchev–Trinajstić information content (AvgIpc) is 3.58. The van der Waals surface area contributed by atoms with Gasteiger partial charge in [0, 0.05) is 5.41 Å². The molecule has 0 aromatic rings. The first-order chi connectivity index (χ1) is 31.6. The van der Waals surface area contributed by atoms with E-state index < -0.39 is 153 Å². The summed E-state index contributed by atoms with van der Waals surface area (Å²) >= 11 is 0. The maximum Gasteiger partial charge on any atom is 0.187 e. The molecule has 3 aliphatic heterocycles. The molecule has 0 radical (unpaired) electrons. The molecule has 20 nitrogen and oxygen atoms in total. The van der Waals surface area contributed by atoms with Gasteiger partial charge in [-0.2, -0.15) is 0 Å². The SMILES string of the molecule is CC(C(O)C(O)C(O)C(C)(C)OC1OC(CO)C(O)C(O)C1O)C1CCC2(C)C3CC=C4C(CCC(OC5OC(COC6OC(CO)C(O)C(O)C6O)C(O)C(O)C5O)C4(C)C)C3(C)CCC12C. The van der Waals surface area contributed by atoms with E-state index in [1.165, 1.54) is 19.4 Å². The van der Waals surface area contributed by atoms with Gasteiger partial charge in [-0.1, -0.05) is 53.2 Å². The molecule has 68 heavy (non-hydrogen) atoms. The zero-order valence-corrected chi connectivity index (χ0v) is 40.6. The van der Waals surface area contributed by atoms with Gasteiger partial charge in [-0.3, -0.25) is 0 Å². The highest BCUT2D eigenvalue weighted by Gasteiger charge is 2.68. The van der Waals surface area contributed by atoms with Crippen LogP contribution in [-0.2, 0) is 28.4 Å². The Bertz CT molecular complexity index is 1750. The third-order valence-corrected chi connectivity index (χ3v) is 18.9. The Balaban J connectivity index is 1.01. The summed E-state index contributed by atoms with van der Waals surface area (Å²) < 4.78 is 35.0. The fourth-order valence-electron chi connectivity index (χ4n) is 14.2. The van der Waals surface area contributed by atoms with Crippen LogP contribution >= 0.6 is 0 Å². The second-order valence-electron chi connectivity index (χ2n) is 23.2. The molecule has 26 atom stereocenters. The van der Waals surface area contributed by atoms with Crippen molar-refractivity contribution >= 4 is 0 Å². The van der Waals surface area contributed by atoms with Crippen LogP contribution in [0.3, 0.4) is 0 Å². The molecule has 0 aromatic carbocycles. The Morgan fingerprint density at radius 1 is 0.632 bits per heavy atom. The largest absolute Gasteiger partial charge is 0.394 e. The summed E-state index contributed by atoms with van der Waals surface area (Å²) in [5, 5.41) is 149. The summed E-state index contributed by atoms with van der Waals surface area (Å²) in [7, 11) is 0. The highest BCUT2D eigenvalue weighted by atomic mass is 16.7. The second kappa shape index (κ2) is 20.0. The summed E-state index contributed by atoms with van der Waals surface area (Å²) in [6.45, 7) is 14.3. The van der Waals surface area contributed by atoms with E-state index in [0.29, 0.717) is 6.42 Å². The van der Waals surface area contributed by atoms with Crippen LogP contribution in [0.25, 0.3) is 0 Å². The Labute approximate surface area is 398 Å². The third-order valence-electron chi connectivity index (χ3n) is 18.9. The molecule has 3 saturated carbocycles. The molecule has 20 heteroatoms. The molecular formula is C48H82O20. The molecule has 3 heterocycles. The van der Waals surface area contributed by atoms with Crippen LogP contribution in [0.5, 0.6) is 0 Å². The summed E-state index contributed by atoms with van der Waals surface area (Å²) in [5.41, 5.74) is -1.42. The number of allylic oxidation sites excluding steroid dienone is 1. The van der Waals surface area contributed by atoms with E-state index in [1.54, 1.807) is 0 Å². The lowest BCUT2D eigenvalue weighted by atomic mass is 9.39. The van der Waals surface area contributed by atoms with Gasteiger partial charge in [0.05, 0.1) is 37.6 Å². The Morgan fingerprint density at radius 3 is 1.75 bits per heavy atom. The van der Waals surface area contributed by atoms with Crippen molar-refractivity contribution in [2.75, 3.05) is 19.8 Å². The lowest BCUT2D eigenvalue weighted by Crippen LogP contribution is -2.63. The lowest BCUT2D eigenvalue weighted by molar-refractivity contribution is -0.340. The van der Waals surface area contributed by atoms with Crippen LogP contribution in [0.1, 0.15) is 100 Å². The summed E-state index contributed by atoms with van der Waals surface area (Å²) in [4.78, 5) is 0. The highest BCUT2D eigenvalue weighted by Crippen LogP contribution is 2.75.